The maximum atomic E-state index is 11.8. The Balaban J connectivity index is 1.98. The molecule has 1 heterocycles. The first-order valence-corrected chi connectivity index (χ1v) is 5.67. The predicted octanol–water partition coefficient (Wildman–Crippen LogP) is -1.34. The van der Waals surface area contributed by atoms with Crippen LogP contribution >= 0.6 is 0 Å². The van der Waals surface area contributed by atoms with Crippen molar-refractivity contribution in [1.82, 2.24) is 10.6 Å². The van der Waals surface area contributed by atoms with Crippen molar-refractivity contribution < 1.29 is 14.7 Å². The number of aliphatic hydroxyl groups is 1. The van der Waals surface area contributed by atoms with Gasteiger partial charge in [-0.25, -0.2) is 0 Å². The van der Waals surface area contributed by atoms with Gasteiger partial charge in [-0.1, -0.05) is 30.3 Å². The molecule has 6 nitrogen and oxygen atoms in total. The summed E-state index contributed by atoms with van der Waals surface area (Å²) in [5.41, 5.74) is 5.91. The number of carbonyl (C=O) groups excluding carboxylic acids is 2. The highest BCUT2D eigenvalue weighted by Crippen LogP contribution is 2.13. The summed E-state index contributed by atoms with van der Waals surface area (Å²) >= 11 is 0. The smallest absolute Gasteiger partial charge is 0.254 e. The SMILES string of the molecule is NCC1NC(=O)C1NC(=O)C(O)c1ccccc1. The molecule has 18 heavy (non-hydrogen) atoms. The van der Waals surface area contributed by atoms with Crippen molar-refractivity contribution in [3.05, 3.63) is 35.9 Å². The Labute approximate surface area is 104 Å². The monoisotopic (exact) mass is 249 g/mol. The van der Waals surface area contributed by atoms with Gasteiger partial charge in [-0.2, -0.15) is 0 Å². The lowest BCUT2D eigenvalue weighted by Gasteiger charge is -2.36. The van der Waals surface area contributed by atoms with E-state index in [1.807, 2.05) is 0 Å². The van der Waals surface area contributed by atoms with E-state index in [9.17, 15) is 14.7 Å². The summed E-state index contributed by atoms with van der Waals surface area (Å²) in [4.78, 5) is 23.0. The molecule has 1 aromatic carbocycles. The molecule has 2 rings (SSSR count). The van der Waals surface area contributed by atoms with Crippen molar-refractivity contribution in [3.63, 3.8) is 0 Å². The molecule has 1 aliphatic heterocycles. The zero-order chi connectivity index (χ0) is 13.1. The molecule has 1 saturated heterocycles. The summed E-state index contributed by atoms with van der Waals surface area (Å²) in [6.45, 7) is 0.248. The number of carbonyl (C=O) groups is 2. The number of β-lactam (4-membered cyclic amide) rings is 1. The Hall–Kier alpha value is -1.92. The third-order valence-corrected chi connectivity index (χ3v) is 2.93. The van der Waals surface area contributed by atoms with Gasteiger partial charge in [0.15, 0.2) is 6.10 Å². The Morgan fingerprint density at radius 1 is 1.44 bits per heavy atom. The molecule has 3 unspecified atom stereocenters. The maximum Gasteiger partial charge on any atom is 0.254 e. The van der Waals surface area contributed by atoms with E-state index < -0.39 is 18.1 Å². The average molecular weight is 249 g/mol. The van der Waals surface area contributed by atoms with Crippen LogP contribution in [0.1, 0.15) is 11.7 Å². The second-order valence-electron chi connectivity index (χ2n) is 4.15. The minimum atomic E-state index is -1.28. The first kappa shape index (κ1) is 12.5. The molecule has 1 fully saturated rings. The highest BCUT2D eigenvalue weighted by atomic mass is 16.3. The van der Waals surface area contributed by atoms with Crippen molar-refractivity contribution in [3.8, 4) is 0 Å². The first-order chi connectivity index (χ1) is 8.63. The van der Waals surface area contributed by atoms with Crippen LogP contribution < -0.4 is 16.4 Å². The van der Waals surface area contributed by atoms with Crippen LogP contribution in [0, 0.1) is 0 Å². The van der Waals surface area contributed by atoms with E-state index in [0.29, 0.717) is 5.56 Å². The van der Waals surface area contributed by atoms with Crippen LogP contribution in [-0.2, 0) is 9.59 Å². The van der Waals surface area contributed by atoms with Crippen molar-refractivity contribution in [2.24, 2.45) is 5.73 Å². The fraction of sp³-hybridized carbons (Fsp3) is 0.333. The maximum absolute atomic E-state index is 11.8. The normalized spacial score (nSPS) is 23.8. The molecule has 6 heteroatoms. The van der Waals surface area contributed by atoms with Crippen LogP contribution in [0.5, 0.6) is 0 Å². The van der Waals surface area contributed by atoms with E-state index in [4.69, 9.17) is 5.73 Å². The summed E-state index contributed by atoms with van der Waals surface area (Å²) in [5, 5.41) is 14.9. The molecule has 0 radical (unpaired) electrons. The topological polar surface area (TPSA) is 104 Å². The molecule has 2 amide bonds. The van der Waals surface area contributed by atoms with Gasteiger partial charge in [0, 0.05) is 6.54 Å². The van der Waals surface area contributed by atoms with Crippen molar-refractivity contribution in [2.75, 3.05) is 6.54 Å². The van der Waals surface area contributed by atoms with Crippen LogP contribution in [0.3, 0.4) is 0 Å². The largest absolute Gasteiger partial charge is 0.378 e. The van der Waals surface area contributed by atoms with Crippen molar-refractivity contribution >= 4 is 11.8 Å². The van der Waals surface area contributed by atoms with Crippen LogP contribution in [-0.4, -0.2) is 35.5 Å². The molecule has 0 spiro atoms. The lowest BCUT2D eigenvalue weighted by Crippen LogP contribution is -2.71. The molecular weight excluding hydrogens is 234 g/mol. The number of nitrogens with two attached hydrogens (primary N) is 1. The molecule has 0 aromatic heterocycles. The second-order valence-corrected chi connectivity index (χ2v) is 4.15. The van der Waals surface area contributed by atoms with E-state index in [0.717, 1.165) is 0 Å². The molecule has 3 atom stereocenters. The Morgan fingerprint density at radius 3 is 2.67 bits per heavy atom. The van der Waals surface area contributed by atoms with Crippen LogP contribution in [0.2, 0.25) is 0 Å². The third-order valence-electron chi connectivity index (χ3n) is 2.93. The Kier molecular flexibility index (Phi) is 3.59. The van der Waals surface area contributed by atoms with Crippen LogP contribution in [0.25, 0.3) is 0 Å². The van der Waals surface area contributed by atoms with Gasteiger partial charge < -0.3 is 21.5 Å². The van der Waals surface area contributed by atoms with Gasteiger partial charge >= 0.3 is 0 Å². The highest BCUT2D eigenvalue weighted by molar-refractivity contribution is 5.94. The molecule has 1 aromatic rings. The quantitative estimate of drug-likeness (QED) is 0.496. The van der Waals surface area contributed by atoms with E-state index in [1.54, 1.807) is 30.3 Å². The third kappa shape index (κ3) is 2.34. The number of hydrogen-bond acceptors (Lipinski definition) is 4. The zero-order valence-corrected chi connectivity index (χ0v) is 9.67. The van der Waals surface area contributed by atoms with E-state index in [1.165, 1.54) is 0 Å². The van der Waals surface area contributed by atoms with Gasteiger partial charge in [-0.15, -0.1) is 0 Å². The second kappa shape index (κ2) is 5.16. The van der Waals surface area contributed by atoms with Gasteiger partial charge in [-0.3, -0.25) is 9.59 Å². The minimum Gasteiger partial charge on any atom is -0.378 e. The fourth-order valence-corrected chi connectivity index (χ4v) is 1.82. The van der Waals surface area contributed by atoms with Gasteiger partial charge in [0.25, 0.3) is 5.91 Å². The summed E-state index contributed by atoms with van der Waals surface area (Å²) in [5.74, 6) is -0.876. The molecule has 0 bridgehead atoms. The van der Waals surface area contributed by atoms with Crippen LogP contribution in [0.4, 0.5) is 0 Å². The Morgan fingerprint density at radius 2 is 2.11 bits per heavy atom. The minimum absolute atomic E-state index is 0.248. The molecule has 96 valence electrons. The predicted molar refractivity (Wildman–Crippen MR) is 64.3 cm³/mol. The standard InChI is InChI=1S/C12H15N3O3/c13-6-8-9(11(17)14-8)15-12(18)10(16)7-4-2-1-3-5-7/h1-5,8-10,16H,6,13H2,(H,14,17)(H,15,18). The number of nitrogens with one attached hydrogen (secondary N) is 2. The molecular formula is C12H15N3O3. The number of aliphatic hydroxyl groups excluding tert-OH is 1. The zero-order valence-electron chi connectivity index (χ0n) is 9.67. The van der Waals surface area contributed by atoms with Crippen molar-refractivity contribution in [2.45, 2.75) is 18.2 Å². The fourth-order valence-electron chi connectivity index (χ4n) is 1.82. The average Bonchev–Trinajstić information content (AvgIpc) is 2.41. The molecule has 5 N–H and O–H groups in total. The highest BCUT2D eigenvalue weighted by Gasteiger charge is 2.40. The summed E-state index contributed by atoms with van der Waals surface area (Å²) < 4.78 is 0. The van der Waals surface area contributed by atoms with Gasteiger partial charge in [0.05, 0.1) is 6.04 Å². The van der Waals surface area contributed by atoms with E-state index >= 15 is 0 Å². The molecule has 0 saturated carbocycles. The van der Waals surface area contributed by atoms with E-state index in [-0.39, 0.29) is 18.5 Å². The van der Waals surface area contributed by atoms with Crippen LogP contribution in [0.15, 0.2) is 30.3 Å². The summed E-state index contributed by atoms with van der Waals surface area (Å²) in [6.07, 6.45) is -1.28. The lowest BCUT2D eigenvalue weighted by molar-refractivity contribution is -0.139. The first-order valence-electron chi connectivity index (χ1n) is 5.67. The van der Waals surface area contributed by atoms with Gasteiger partial charge in [-0.05, 0) is 5.56 Å². The number of rotatable bonds is 4. The Bertz CT molecular complexity index is 449. The van der Waals surface area contributed by atoms with Gasteiger partial charge in [0.2, 0.25) is 5.91 Å². The lowest BCUT2D eigenvalue weighted by atomic mass is 9.98. The van der Waals surface area contributed by atoms with Gasteiger partial charge in [0.1, 0.15) is 6.04 Å². The number of benzene rings is 1. The summed E-state index contributed by atoms with van der Waals surface area (Å²) in [6, 6.07) is 7.62. The van der Waals surface area contributed by atoms with Crippen molar-refractivity contribution in [1.29, 1.82) is 0 Å². The molecule has 0 aliphatic carbocycles. The summed E-state index contributed by atoms with van der Waals surface area (Å²) in [7, 11) is 0. The van der Waals surface area contributed by atoms with E-state index in [2.05, 4.69) is 10.6 Å². The number of hydrogen-bond donors (Lipinski definition) is 4. The number of amides is 2. The molecule has 1 aliphatic rings.